The Morgan fingerprint density at radius 1 is 0.346 bits per heavy atom. The highest BCUT2D eigenvalue weighted by atomic mass is 15.1. The number of hydrogen-bond acceptors (Lipinski definition) is 1. The van der Waals surface area contributed by atoms with Gasteiger partial charge in [0.1, 0.15) is 0 Å². The van der Waals surface area contributed by atoms with E-state index < -0.39 is 0 Å². The second kappa shape index (κ2) is 11.3. The van der Waals surface area contributed by atoms with Gasteiger partial charge in [-0.15, -0.1) is 0 Å². The predicted molar refractivity (Wildman–Crippen MR) is 220 cm³/mol. The maximum Gasteiger partial charge on any atom is 0.0620 e. The summed E-state index contributed by atoms with van der Waals surface area (Å²) in [4.78, 5) is 2.30. The highest BCUT2D eigenvalue weighted by Gasteiger charge is 2.26. The van der Waals surface area contributed by atoms with Crippen LogP contribution in [0.25, 0.3) is 82.4 Å². The van der Waals surface area contributed by atoms with Crippen molar-refractivity contribution in [2.45, 2.75) is 0 Å². The van der Waals surface area contributed by atoms with Crippen molar-refractivity contribution in [2.75, 3.05) is 4.90 Å². The summed E-state index contributed by atoms with van der Waals surface area (Å²) in [5, 5.41) is 7.79. The van der Waals surface area contributed by atoms with Crippen LogP contribution in [0.5, 0.6) is 0 Å². The molecule has 10 aromatic rings. The van der Waals surface area contributed by atoms with Gasteiger partial charge in [-0.05, 0) is 110 Å². The maximum absolute atomic E-state index is 2.49. The molecule has 1 aromatic heterocycles. The molecule has 0 saturated heterocycles. The topological polar surface area (TPSA) is 8.17 Å². The average molecular weight is 661 g/mol. The minimum Gasteiger partial charge on any atom is -0.311 e. The molecule has 0 spiro atoms. The van der Waals surface area contributed by atoms with Crippen LogP contribution in [0.15, 0.2) is 194 Å². The summed E-state index contributed by atoms with van der Waals surface area (Å²) in [7, 11) is 0. The van der Waals surface area contributed by atoms with Crippen molar-refractivity contribution in [3.8, 4) is 39.1 Å². The number of rotatable bonds is 5. The van der Waals surface area contributed by atoms with Crippen molar-refractivity contribution >= 4 is 60.4 Å². The summed E-state index contributed by atoms with van der Waals surface area (Å²) in [5.41, 5.74) is 14.7. The summed E-state index contributed by atoms with van der Waals surface area (Å²) in [6, 6.07) is 70.7. The van der Waals surface area contributed by atoms with E-state index in [0.717, 1.165) is 22.7 Å². The lowest BCUT2D eigenvalue weighted by Crippen LogP contribution is -2.09. The maximum atomic E-state index is 2.49. The number of anilines is 3. The van der Waals surface area contributed by atoms with Crippen LogP contribution in [-0.4, -0.2) is 4.57 Å². The number of fused-ring (bicyclic) bond motifs is 9. The standard InChI is InChI=1S/C50H32N2/c1-3-13-36(14-4-1)51(37-15-5-2-6-16-37)38-27-22-33(23-28-38)34-24-29-39(30-25-34)52-47-31-26-35-12-7-8-17-40(35)49(47)46-32-45-42-19-10-9-18-41(42)43-20-11-21-44(48(43)45)50(46)52/h1-32H. The van der Waals surface area contributed by atoms with Gasteiger partial charge >= 0.3 is 0 Å². The van der Waals surface area contributed by atoms with Crippen molar-refractivity contribution in [3.63, 3.8) is 0 Å². The molecular weight excluding hydrogens is 629 g/mol. The van der Waals surface area contributed by atoms with Crippen LogP contribution < -0.4 is 4.90 Å². The van der Waals surface area contributed by atoms with Crippen molar-refractivity contribution in [2.24, 2.45) is 0 Å². The molecule has 0 N–H and O–H groups in total. The number of para-hydroxylation sites is 2. The molecule has 0 radical (unpaired) electrons. The van der Waals surface area contributed by atoms with Crippen LogP contribution in [-0.2, 0) is 0 Å². The third-order valence-corrected chi connectivity index (χ3v) is 10.9. The quantitative estimate of drug-likeness (QED) is 0.178. The van der Waals surface area contributed by atoms with Crippen LogP contribution >= 0.6 is 0 Å². The molecule has 1 aliphatic rings. The summed E-state index contributed by atoms with van der Waals surface area (Å²) >= 11 is 0. The average Bonchev–Trinajstić information content (AvgIpc) is 3.73. The van der Waals surface area contributed by atoms with Crippen molar-refractivity contribution in [1.82, 2.24) is 4.57 Å². The van der Waals surface area contributed by atoms with Gasteiger partial charge < -0.3 is 9.47 Å². The first-order valence-electron chi connectivity index (χ1n) is 17.9. The third-order valence-electron chi connectivity index (χ3n) is 10.9. The Balaban J connectivity index is 1.07. The van der Waals surface area contributed by atoms with Gasteiger partial charge in [0.2, 0.25) is 0 Å². The van der Waals surface area contributed by atoms with Gasteiger partial charge in [-0.1, -0.05) is 133 Å². The van der Waals surface area contributed by atoms with E-state index >= 15 is 0 Å². The lowest BCUT2D eigenvalue weighted by molar-refractivity contribution is 1.19. The van der Waals surface area contributed by atoms with E-state index in [0.29, 0.717) is 0 Å². The molecule has 11 rings (SSSR count). The third kappa shape index (κ3) is 4.25. The number of nitrogens with zero attached hydrogens (tertiary/aromatic N) is 2. The molecule has 242 valence electrons. The molecule has 0 aliphatic heterocycles. The van der Waals surface area contributed by atoms with E-state index in [1.807, 2.05) is 0 Å². The van der Waals surface area contributed by atoms with Gasteiger partial charge in [0.05, 0.1) is 11.0 Å². The Hall–Kier alpha value is -6.90. The minimum absolute atomic E-state index is 1.13. The second-order valence-corrected chi connectivity index (χ2v) is 13.7. The van der Waals surface area contributed by atoms with E-state index in [1.54, 1.807) is 0 Å². The molecule has 1 heterocycles. The molecule has 0 fully saturated rings. The zero-order valence-corrected chi connectivity index (χ0v) is 28.4. The first-order valence-corrected chi connectivity index (χ1v) is 17.9. The fourth-order valence-electron chi connectivity index (χ4n) is 8.62. The summed E-state index contributed by atoms with van der Waals surface area (Å²) in [6.07, 6.45) is 0. The van der Waals surface area contributed by atoms with Crippen molar-refractivity contribution in [1.29, 1.82) is 0 Å². The number of aromatic nitrogens is 1. The fraction of sp³-hybridized carbons (Fsp3) is 0. The smallest absolute Gasteiger partial charge is 0.0620 e. The molecule has 2 nitrogen and oxygen atoms in total. The highest BCUT2D eigenvalue weighted by molar-refractivity contribution is 6.31. The van der Waals surface area contributed by atoms with Crippen LogP contribution in [0.2, 0.25) is 0 Å². The van der Waals surface area contributed by atoms with Crippen molar-refractivity contribution in [3.05, 3.63) is 194 Å². The van der Waals surface area contributed by atoms with Crippen LogP contribution in [0, 0.1) is 0 Å². The molecule has 2 heteroatoms. The zero-order chi connectivity index (χ0) is 34.2. The van der Waals surface area contributed by atoms with Gasteiger partial charge in [0, 0.05) is 38.9 Å². The van der Waals surface area contributed by atoms with Gasteiger partial charge in [0.25, 0.3) is 0 Å². The normalized spacial score (nSPS) is 11.8. The van der Waals surface area contributed by atoms with E-state index in [1.165, 1.54) is 76.7 Å². The van der Waals surface area contributed by atoms with Crippen LogP contribution in [0.4, 0.5) is 17.1 Å². The first kappa shape index (κ1) is 28.9. The number of benzene rings is 9. The first-order chi connectivity index (χ1) is 25.8. The molecule has 9 aromatic carbocycles. The predicted octanol–water partition coefficient (Wildman–Crippen LogP) is 13.9. The molecule has 0 atom stereocenters. The Labute approximate surface area is 302 Å². The summed E-state index contributed by atoms with van der Waals surface area (Å²) in [6.45, 7) is 0. The van der Waals surface area contributed by atoms with Gasteiger partial charge in [-0.25, -0.2) is 0 Å². The van der Waals surface area contributed by atoms with Crippen LogP contribution in [0.3, 0.4) is 0 Å². The Morgan fingerprint density at radius 3 is 1.62 bits per heavy atom. The Kier molecular flexibility index (Phi) is 6.28. The Bertz CT molecular complexity index is 2940. The molecule has 52 heavy (non-hydrogen) atoms. The van der Waals surface area contributed by atoms with Gasteiger partial charge in [-0.2, -0.15) is 0 Å². The SMILES string of the molecule is c1ccc(N(c2ccccc2)c2ccc(-c3ccc(-n4c5ccc6ccccc6c5c5cc6c7c(cccc7c54)-c4ccccc4-6)cc3)cc2)cc1. The second-order valence-electron chi connectivity index (χ2n) is 13.7. The Morgan fingerprint density at radius 2 is 0.904 bits per heavy atom. The van der Waals surface area contributed by atoms with E-state index in [2.05, 4.69) is 204 Å². The summed E-state index contributed by atoms with van der Waals surface area (Å²) in [5.74, 6) is 0. The zero-order valence-electron chi connectivity index (χ0n) is 28.4. The van der Waals surface area contributed by atoms with Crippen molar-refractivity contribution < 1.29 is 0 Å². The molecule has 0 unspecified atom stereocenters. The molecule has 0 bridgehead atoms. The van der Waals surface area contributed by atoms with Crippen LogP contribution in [0.1, 0.15) is 0 Å². The lowest BCUT2D eigenvalue weighted by atomic mass is 9.97. The molecular formula is C50H32N2. The largest absolute Gasteiger partial charge is 0.311 e. The molecule has 0 saturated carbocycles. The van der Waals surface area contributed by atoms with E-state index in [9.17, 15) is 0 Å². The van der Waals surface area contributed by atoms with Gasteiger partial charge in [-0.3, -0.25) is 0 Å². The lowest BCUT2D eigenvalue weighted by Gasteiger charge is -2.25. The summed E-state index contributed by atoms with van der Waals surface area (Å²) < 4.78 is 2.49. The van der Waals surface area contributed by atoms with E-state index in [4.69, 9.17) is 0 Å². The minimum atomic E-state index is 1.13. The van der Waals surface area contributed by atoms with E-state index in [-0.39, 0.29) is 0 Å². The molecule has 1 aliphatic carbocycles. The monoisotopic (exact) mass is 660 g/mol. The number of hydrogen-bond donors (Lipinski definition) is 0. The highest BCUT2D eigenvalue weighted by Crippen LogP contribution is 2.51. The molecule has 0 amide bonds. The fourth-order valence-corrected chi connectivity index (χ4v) is 8.62. The van der Waals surface area contributed by atoms with Gasteiger partial charge in [0.15, 0.2) is 0 Å².